The Kier molecular flexibility index (Phi) is 4.88. The number of fused-ring (bicyclic) bond motifs is 2. The van der Waals surface area contributed by atoms with Crippen molar-refractivity contribution in [3.05, 3.63) is 83.5 Å². The number of hydrogen-bond acceptors (Lipinski definition) is 5. The Labute approximate surface area is 157 Å². The summed E-state index contributed by atoms with van der Waals surface area (Å²) in [7, 11) is 1.54. The number of rotatable bonds is 5. The van der Waals surface area contributed by atoms with Crippen LogP contribution >= 0.6 is 0 Å². The SMILES string of the molecule is C=C/C(C=O)=C(\C=C/C)C1(OC)c2ccc(O)cc2Oc2cc(O)ccc21. The number of carbonyl (C=O) groups is 1. The summed E-state index contributed by atoms with van der Waals surface area (Å²) < 4.78 is 12.0. The zero-order chi connectivity index (χ0) is 19.6. The van der Waals surface area contributed by atoms with E-state index in [9.17, 15) is 15.0 Å². The zero-order valence-electron chi connectivity index (χ0n) is 15.1. The van der Waals surface area contributed by atoms with Crippen LogP contribution in [-0.2, 0) is 15.1 Å². The van der Waals surface area contributed by atoms with Crippen molar-refractivity contribution in [1.82, 2.24) is 0 Å². The molecule has 0 saturated carbocycles. The summed E-state index contributed by atoms with van der Waals surface area (Å²) in [6, 6.07) is 9.39. The monoisotopic (exact) mass is 364 g/mol. The molecule has 5 heteroatoms. The Morgan fingerprint density at radius 3 is 2.07 bits per heavy atom. The minimum absolute atomic E-state index is 0.0262. The number of benzene rings is 2. The number of hydrogen-bond donors (Lipinski definition) is 2. The van der Waals surface area contributed by atoms with E-state index in [1.807, 2.05) is 6.92 Å². The topological polar surface area (TPSA) is 76.0 Å². The molecule has 2 N–H and O–H groups in total. The van der Waals surface area contributed by atoms with Crippen molar-refractivity contribution in [2.24, 2.45) is 0 Å². The quantitative estimate of drug-likeness (QED) is 0.469. The average Bonchev–Trinajstić information content (AvgIpc) is 2.66. The number of phenolic OH excluding ortho intramolecular Hbond substituents is 2. The lowest BCUT2D eigenvalue weighted by Crippen LogP contribution is -2.36. The van der Waals surface area contributed by atoms with Crippen LogP contribution in [0.4, 0.5) is 0 Å². The smallest absolute Gasteiger partial charge is 0.151 e. The van der Waals surface area contributed by atoms with Crippen LogP contribution in [0.1, 0.15) is 18.1 Å². The molecule has 0 bridgehead atoms. The normalized spacial score (nSPS) is 15.3. The summed E-state index contributed by atoms with van der Waals surface area (Å²) in [6.07, 6.45) is 5.78. The highest BCUT2D eigenvalue weighted by molar-refractivity contribution is 5.82. The molecule has 5 nitrogen and oxygen atoms in total. The maximum atomic E-state index is 11.8. The van der Waals surface area contributed by atoms with Gasteiger partial charge in [-0.25, -0.2) is 0 Å². The van der Waals surface area contributed by atoms with Crippen molar-refractivity contribution in [2.45, 2.75) is 12.5 Å². The molecule has 0 radical (unpaired) electrons. The molecule has 0 spiro atoms. The number of aldehydes is 1. The van der Waals surface area contributed by atoms with E-state index >= 15 is 0 Å². The molecule has 1 aliphatic rings. The highest BCUT2D eigenvalue weighted by Crippen LogP contribution is 2.54. The molecule has 1 heterocycles. The van der Waals surface area contributed by atoms with E-state index in [-0.39, 0.29) is 11.5 Å². The predicted octanol–water partition coefficient (Wildman–Crippen LogP) is 4.35. The van der Waals surface area contributed by atoms with Crippen molar-refractivity contribution in [3.63, 3.8) is 0 Å². The molecule has 2 aromatic rings. The molecule has 0 aliphatic carbocycles. The van der Waals surface area contributed by atoms with Gasteiger partial charge in [-0.2, -0.15) is 0 Å². The molecule has 0 saturated heterocycles. The third-order valence-corrected chi connectivity index (χ3v) is 4.59. The Hall–Kier alpha value is -3.31. The second-order valence-corrected chi connectivity index (χ2v) is 6.04. The standard InChI is InChI=1S/C22H20O5/c1-4-6-17(14(5-2)13-23)22(26-3)18-9-7-15(24)11-20(18)27-21-12-16(25)8-10-19(21)22/h4-13,24-25H,2H2,1,3H3/b6-4-,17-14-. The van der Waals surface area contributed by atoms with Crippen LogP contribution < -0.4 is 4.74 Å². The third kappa shape index (κ3) is 2.82. The first kappa shape index (κ1) is 18.5. The molecule has 0 fully saturated rings. The van der Waals surface area contributed by atoms with E-state index in [0.29, 0.717) is 33.8 Å². The molecule has 0 atom stereocenters. The van der Waals surface area contributed by atoms with Gasteiger partial charge in [0.25, 0.3) is 0 Å². The second kappa shape index (κ2) is 7.13. The number of methoxy groups -OCH3 is 1. The number of phenols is 2. The van der Waals surface area contributed by atoms with Crippen molar-refractivity contribution in [1.29, 1.82) is 0 Å². The Morgan fingerprint density at radius 2 is 1.67 bits per heavy atom. The van der Waals surface area contributed by atoms with Crippen molar-refractivity contribution < 1.29 is 24.5 Å². The van der Waals surface area contributed by atoms with Gasteiger partial charge in [-0.05, 0) is 31.2 Å². The predicted molar refractivity (Wildman–Crippen MR) is 102 cm³/mol. The minimum Gasteiger partial charge on any atom is -0.508 e. The van der Waals surface area contributed by atoms with Gasteiger partial charge in [-0.1, -0.05) is 24.8 Å². The van der Waals surface area contributed by atoms with Crippen molar-refractivity contribution >= 4 is 6.29 Å². The molecule has 3 rings (SSSR count). The first-order valence-electron chi connectivity index (χ1n) is 8.36. The van der Waals surface area contributed by atoms with E-state index in [1.54, 1.807) is 24.3 Å². The van der Waals surface area contributed by atoms with Gasteiger partial charge in [0.05, 0.1) is 0 Å². The van der Waals surface area contributed by atoms with Gasteiger partial charge in [-0.3, -0.25) is 4.79 Å². The highest BCUT2D eigenvalue weighted by atomic mass is 16.5. The van der Waals surface area contributed by atoms with E-state index < -0.39 is 5.60 Å². The summed E-state index contributed by atoms with van der Waals surface area (Å²) in [5, 5.41) is 19.8. The summed E-state index contributed by atoms with van der Waals surface area (Å²) in [4.78, 5) is 11.8. The van der Waals surface area contributed by atoms with Crippen LogP contribution in [0, 0.1) is 0 Å². The third-order valence-electron chi connectivity index (χ3n) is 4.59. The molecular formula is C22H20O5. The maximum Gasteiger partial charge on any atom is 0.151 e. The van der Waals surface area contributed by atoms with Crippen LogP contribution in [0.15, 0.2) is 72.4 Å². The van der Waals surface area contributed by atoms with Gasteiger partial charge in [-0.15, -0.1) is 0 Å². The van der Waals surface area contributed by atoms with Gasteiger partial charge >= 0.3 is 0 Å². The molecule has 2 aromatic carbocycles. The first-order chi connectivity index (χ1) is 13.0. The summed E-state index contributed by atoms with van der Waals surface area (Å²) in [5.41, 5.74) is 0.974. The van der Waals surface area contributed by atoms with E-state index in [2.05, 4.69) is 6.58 Å². The zero-order valence-corrected chi connectivity index (χ0v) is 15.1. The molecule has 0 unspecified atom stereocenters. The van der Waals surface area contributed by atoms with Gasteiger partial charge in [0.2, 0.25) is 0 Å². The first-order valence-corrected chi connectivity index (χ1v) is 8.36. The Balaban J connectivity index is 2.49. The number of carbonyl (C=O) groups excluding carboxylic acids is 1. The fraction of sp³-hybridized carbons (Fsp3) is 0.136. The Morgan fingerprint density at radius 1 is 1.11 bits per heavy atom. The largest absolute Gasteiger partial charge is 0.508 e. The van der Waals surface area contributed by atoms with Crippen molar-refractivity contribution in [3.8, 4) is 23.0 Å². The van der Waals surface area contributed by atoms with Crippen LogP contribution in [0.3, 0.4) is 0 Å². The van der Waals surface area contributed by atoms with Crippen molar-refractivity contribution in [2.75, 3.05) is 7.11 Å². The van der Waals surface area contributed by atoms with Crippen LogP contribution in [0.25, 0.3) is 0 Å². The number of allylic oxidation sites excluding steroid dienone is 3. The lowest BCUT2D eigenvalue weighted by atomic mass is 9.75. The fourth-order valence-electron chi connectivity index (χ4n) is 3.46. The lowest BCUT2D eigenvalue weighted by Gasteiger charge is -2.40. The van der Waals surface area contributed by atoms with Gasteiger partial charge in [0.1, 0.15) is 29.3 Å². The van der Waals surface area contributed by atoms with Gasteiger partial charge in [0, 0.05) is 41.5 Å². The molecule has 1 aliphatic heterocycles. The van der Waals surface area contributed by atoms with Gasteiger partial charge < -0.3 is 19.7 Å². The molecule has 138 valence electrons. The molecule has 0 aromatic heterocycles. The minimum atomic E-state index is -1.19. The van der Waals surface area contributed by atoms with E-state index in [0.717, 1.165) is 6.29 Å². The van der Waals surface area contributed by atoms with Gasteiger partial charge in [0.15, 0.2) is 5.60 Å². The maximum absolute atomic E-state index is 11.8. The molecular weight excluding hydrogens is 344 g/mol. The number of aromatic hydroxyl groups is 2. The fourth-order valence-corrected chi connectivity index (χ4v) is 3.46. The van der Waals surface area contributed by atoms with Crippen LogP contribution in [0.2, 0.25) is 0 Å². The van der Waals surface area contributed by atoms with Crippen LogP contribution in [0.5, 0.6) is 23.0 Å². The number of ether oxygens (including phenoxy) is 2. The molecule has 27 heavy (non-hydrogen) atoms. The summed E-state index contributed by atoms with van der Waals surface area (Å²) in [5.74, 6) is 0.786. The van der Waals surface area contributed by atoms with E-state index in [1.165, 1.54) is 37.5 Å². The van der Waals surface area contributed by atoms with E-state index in [4.69, 9.17) is 9.47 Å². The lowest BCUT2D eigenvalue weighted by molar-refractivity contribution is -0.104. The summed E-state index contributed by atoms with van der Waals surface area (Å²) >= 11 is 0. The Bertz CT molecular complexity index is 907. The van der Waals surface area contributed by atoms with Crippen LogP contribution in [-0.4, -0.2) is 23.6 Å². The highest BCUT2D eigenvalue weighted by Gasteiger charge is 2.46. The molecule has 0 amide bonds. The summed E-state index contributed by atoms with van der Waals surface area (Å²) in [6.45, 7) is 5.58. The second-order valence-electron chi connectivity index (χ2n) is 6.04. The average molecular weight is 364 g/mol.